The van der Waals surface area contributed by atoms with Crippen LogP contribution in [-0.4, -0.2) is 18.9 Å². The number of carbonyl (C=O) groups is 2. The fourth-order valence-corrected chi connectivity index (χ4v) is 2.01. The number of hydrogen-bond donors (Lipinski definition) is 0. The van der Waals surface area contributed by atoms with E-state index in [1.807, 2.05) is 0 Å². The molecule has 0 radical (unpaired) electrons. The van der Waals surface area contributed by atoms with Crippen molar-refractivity contribution < 1.29 is 19.1 Å². The van der Waals surface area contributed by atoms with Gasteiger partial charge >= 0.3 is 5.97 Å². The topological polar surface area (TPSA) is 52.6 Å². The predicted molar refractivity (Wildman–Crippen MR) is 79.4 cm³/mol. The molecule has 0 saturated heterocycles. The fraction of sp³-hybridized carbons (Fsp3) is 0.0667. The van der Waals surface area contributed by atoms with Crippen molar-refractivity contribution >= 4 is 35.5 Å². The molecule has 0 aliphatic rings. The van der Waals surface area contributed by atoms with Gasteiger partial charge in [-0.2, -0.15) is 0 Å². The molecule has 0 fully saturated rings. The normalized spacial score (nSPS) is 10.0. The second-order valence-corrected chi connectivity index (χ2v) is 4.84. The van der Waals surface area contributed by atoms with Crippen molar-refractivity contribution in [3.8, 4) is 11.5 Å². The highest BCUT2D eigenvalue weighted by Gasteiger charge is 2.11. The molecule has 6 heteroatoms. The molecular formula is C15H10Cl2O4. The van der Waals surface area contributed by atoms with E-state index in [2.05, 4.69) is 0 Å². The first-order valence-corrected chi connectivity index (χ1v) is 6.68. The van der Waals surface area contributed by atoms with Crippen LogP contribution < -0.4 is 9.47 Å². The second-order valence-electron chi connectivity index (χ2n) is 3.99. The Kier molecular flexibility index (Phi) is 5.20. The van der Waals surface area contributed by atoms with E-state index in [0.29, 0.717) is 22.1 Å². The average Bonchev–Trinajstić information content (AvgIpc) is 2.47. The first-order chi connectivity index (χ1) is 10.1. The van der Waals surface area contributed by atoms with Gasteiger partial charge in [0.05, 0.1) is 10.6 Å². The highest BCUT2D eigenvalue weighted by Crippen LogP contribution is 2.27. The number of aldehydes is 1. The van der Waals surface area contributed by atoms with E-state index in [9.17, 15) is 9.59 Å². The summed E-state index contributed by atoms with van der Waals surface area (Å²) >= 11 is 11.7. The fourth-order valence-electron chi connectivity index (χ4n) is 1.55. The molecule has 2 rings (SSSR count). The first-order valence-electron chi connectivity index (χ1n) is 5.93. The van der Waals surface area contributed by atoms with Gasteiger partial charge in [-0.25, -0.2) is 4.79 Å². The molecule has 0 atom stereocenters. The third-order valence-electron chi connectivity index (χ3n) is 2.51. The van der Waals surface area contributed by atoms with Gasteiger partial charge in [0, 0.05) is 5.02 Å². The zero-order valence-corrected chi connectivity index (χ0v) is 12.2. The van der Waals surface area contributed by atoms with Gasteiger partial charge in [-0.3, -0.25) is 4.79 Å². The molecule has 108 valence electrons. The summed E-state index contributed by atoms with van der Waals surface area (Å²) in [7, 11) is 0. The molecular weight excluding hydrogens is 315 g/mol. The Labute approximate surface area is 131 Å². The van der Waals surface area contributed by atoms with Gasteiger partial charge < -0.3 is 9.47 Å². The average molecular weight is 325 g/mol. The Morgan fingerprint density at radius 3 is 2.57 bits per heavy atom. The van der Waals surface area contributed by atoms with Crippen LogP contribution in [0, 0.1) is 0 Å². The minimum absolute atomic E-state index is 0.184. The number of ether oxygens (including phenoxy) is 2. The molecule has 0 unspecified atom stereocenters. The maximum Gasteiger partial charge on any atom is 0.349 e. The van der Waals surface area contributed by atoms with Crippen molar-refractivity contribution in [3.05, 3.63) is 58.1 Å². The molecule has 0 heterocycles. The van der Waals surface area contributed by atoms with Crippen LogP contribution in [0.1, 0.15) is 10.4 Å². The van der Waals surface area contributed by atoms with Gasteiger partial charge in [-0.15, -0.1) is 0 Å². The molecule has 2 aromatic rings. The van der Waals surface area contributed by atoms with Crippen molar-refractivity contribution in [2.24, 2.45) is 0 Å². The summed E-state index contributed by atoms with van der Waals surface area (Å²) in [6, 6.07) is 11.1. The predicted octanol–water partition coefficient (Wildman–Crippen LogP) is 3.79. The van der Waals surface area contributed by atoms with Crippen LogP contribution in [0.3, 0.4) is 0 Å². The summed E-state index contributed by atoms with van der Waals surface area (Å²) in [5.74, 6) is -0.139. The van der Waals surface area contributed by atoms with Crippen LogP contribution >= 0.6 is 23.2 Å². The van der Waals surface area contributed by atoms with E-state index in [1.54, 1.807) is 30.3 Å². The van der Waals surface area contributed by atoms with Crippen molar-refractivity contribution in [2.75, 3.05) is 6.61 Å². The molecule has 0 aromatic heterocycles. The smallest absolute Gasteiger partial charge is 0.349 e. The molecule has 0 spiro atoms. The third-order valence-corrected chi connectivity index (χ3v) is 3.04. The van der Waals surface area contributed by atoms with Crippen LogP contribution in [0.4, 0.5) is 0 Å². The zero-order valence-electron chi connectivity index (χ0n) is 10.7. The molecule has 21 heavy (non-hydrogen) atoms. The molecule has 0 bridgehead atoms. The van der Waals surface area contributed by atoms with Crippen molar-refractivity contribution in [3.63, 3.8) is 0 Å². The molecule has 0 aliphatic carbocycles. The van der Waals surface area contributed by atoms with Crippen LogP contribution in [-0.2, 0) is 4.79 Å². The molecule has 0 N–H and O–H groups in total. The number of esters is 1. The minimum Gasteiger partial charge on any atom is -0.480 e. The van der Waals surface area contributed by atoms with Gasteiger partial charge in [-0.05, 0) is 30.3 Å². The summed E-state index contributed by atoms with van der Waals surface area (Å²) in [6.07, 6.45) is 0.611. The lowest BCUT2D eigenvalue weighted by Gasteiger charge is -2.09. The number of benzene rings is 2. The number of hydrogen-bond acceptors (Lipinski definition) is 4. The van der Waals surface area contributed by atoms with E-state index in [4.69, 9.17) is 32.7 Å². The molecule has 2 aromatic carbocycles. The third kappa shape index (κ3) is 4.21. The summed E-state index contributed by atoms with van der Waals surface area (Å²) < 4.78 is 10.3. The van der Waals surface area contributed by atoms with Gasteiger partial charge in [0.2, 0.25) is 0 Å². The van der Waals surface area contributed by atoms with Crippen LogP contribution in [0.2, 0.25) is 10.0 Å². The number of rotatable bonds is 5. The van der Waals surface area contributed by atoms with Crippen molar-refractivity contribution in [2.45, 2.75) is 0 Å². The van der Waals surface area contributed by atoms with Gasteiger partial charge in [0.15, 0.2) is 12.9 Å². The Morgan fingerprint density at radius 1 is 1.10 bits per heavy atom. The van der Waals surface area contributed by atoms with E-state index < -0.39 is 5.97 Å². The molecule has 0 aliphatic heterocycles. The van der Waals surface area contributed by atoms with Crippen molar-refractivity contribution in [1.29, 1.82) is 0 Å². The standard InChI is InChI=1S/C15H10Cl2O4/c16-11-5-6-14(12(17)7-11)20-9-15(19)21-13-4-2-1-3-10(13)8-18/h1-8H,9H2. The summed E-state index contributed by atoms with van der Waals surface area (Å²) in [5.41, 5.74) is 0.287. The van der Waals surface area contributed by atoms with Gasteiger partial charge in [0.25, 0.3) is 0 Å². The highest BCUT2D eigenvalue weighted by atomic mass is 35.5. The lowest BCUT2D eigenvalue weighted by molar-refractivity contribution is -0.136. The van der Waals surface area contributed by atoms with Crippen molar-refractivity contribution in [1.82, 2.24) is 0 Å². The lowest BCUT2D eigenvalue weighted by atomic mass is 10.2. The van der Waals surface area contributed by atoms with Gasteiger partial charge in [0.1, 0.15) is 11.5 Å². The van der Waals surface area contributed by atoms with Crippen LogP contribution in [0.25, 0.3) is 0 Å². The Morgan fingerprint density at radius 2 is 1.86 bits per heavy atom. The molecule has 4 nitrogen and oxygen atoms in total. The van der Waals surface area contributed by atoms with Crippen LogP contribution in [0.5, 0.6) is 11.5 Å². The lowest BCUT2D eigenvalue weighted by Crippen LogP contribution is -2.18. The second kappa shape index (κ2) is 7.11. The zero-order chi connectivity index (χ0) is 15.2. The van der Waals surface area contributed by atoms with Crippen LogP contribution in [0.15, 0.2) is 42.5 Å². The van der Waals surface area contributed by atoms with E-state index in [1.165, 1.54) is 12.1 Å². The monoisotopic (exact) mass is 324 g/mol. The molecule has 0 saturated carbocycles. The highest BCUT2D eigenvalue weighted by molar-refractivity contribution is 6.35. The van der Waals surface area contributed by atoms with Gasteiger partial charge in [-0.1, -0.05) is 35.3 Å². The Balaban J connectivity index is 1.97. The maximum atomic E-state index is 11.7. The number of halogens is 2. The number of carbonyl (C=O) groups excluding carboxylic acids is 2. The quantitative estimate of drug-likeness (QED) is 0.477. The van der Waals surface area contributed by atoms with E-state index >= 15 is 0 Å². The summed E-state index contributed by atoms with van der Waals surface area (Å²) in [6.45, 7) is -0.339. The minimum atomic E-state index is -0.643. The van der Waals surface area contributed by atoms with E-state index in [-0.39, 0.29) is 17.9 Å². The molecule has 0 amide bonds. The summed E-state index contributed by atoms with van der Waals surface area (Å²) in [5, 5.41) is 0.762. The maximum absolute atomic E-state index is 11.7. The van der Waals surface area contributed by atoms with E-state index in [0.717, 1.165) is 0 Å². The largest absolute Gasteiger partial charge is 0.480 e. The number of para-hydroxylation sites is 1. The Hall–Kier alpha value is -2.04. The Bertz CT molecular complexity index is 670. The SMILES string of the molecule is O=Cc1ccccc1OC(=O)COc1ccc(Cl)cc1Cl. The first kappa shape index (κ1) is 15.4. The summed E-state index contributed by atoms with van der Waals surface area (Å²) in [4.78, 5) is 22.5.